The van der Waals surface area contributed by atoms with Gasteiger partial charge in [-0.05, 0) is 152 Å². The number of benzene rings is 12. The summed E-state index contributed by atoms with van der Waals surface area (Å²) in [5, 5.41) is 4.45. The molecule has 2 aliphatic carbocycles. The highest BCUT2D eigenvalue weighted by Crippen LogP contribution is 2.65. The normalized spacial score (nSPS) is 14.0. The fourth-order valence-electron chi connectivity index (χ4n) is 13.0. The van der Waals surface area contributed by atoms with E-state index in [0.717, 1.165) is 89.3 Å². The van der Waals surface area contributed by atoms with Crippen molar-refractivity contribution in [2.75, 3.05) is 9.80 Å². The molecule has 0 bridgehead atoms. The Morgan fingerprint density at radius 2 is 0.818 bits per heavy atom. The second-order valence-electron chi connectivity index (χ2n) is 20.3. The molecule has 0 fully saturated rings. The molecule has 2 aliphatic rings. The molecule has 4 heteroatoms. The lowest BCUT2D eigenvalue weighted by Crippen LogP contribution is -2.25. The van der Waals surface area contributed by atoms with Crippen LogP contribution >= 0.6 is 0 Å². The fourth-order valence-corrected chi connectivity index (χ4v) is 13.0. The minimum atomic E-state index is -0.593. The zero-order valence-electron chi connectivity index (χ0n) is 41.8. The van der Waals surface area contributed by atoms with E-state index in [1.54, 1.807) is 0 Å². The predicted octanol–water partition coefficient (Wildman–Crippen LogP) is 20.1. The van der Waals surface area contributed by atoms with Crippen LogP contribution < -0.4 is 9.80 Å². The molecule has 12 aromatic carbocycles. The molecule has 2 aromatic heterocycles. The summed E-state index contributed by atoms with van der Waals surface area (Å²) in [6.45, 7) is 0. The molecule has 14 aromatic rings. The number of hydrogen-bond donors (Lipinski definition) is 0. The van der Waals surface area contributed by atoms with Gasteiger partial charge in [0.05, 0.1) is 11.1 Å². The van der Waals surface area contributed by atoms with Gasteiger partial charge >= 0.3 is 0 Å². The van der Waals surface area contributed by atoms with E-state index in [1.165, 1.54) is 55.5 Å². The van der Waals surface area contributed by atoms with Crippen molar-refractivity contribution in [2.24, 2.45) is 0 Å². The van der Waals surface area contributed by atoms with Crippen molar-refractivity contribution in [3.63, 3.8) is 0 Å². The summed E-state index contributed by atoms with van der Waals surface area (Å²) < 4.78 is 13.5. The molecule has 77 heavy (non-hydrogen) atoms. The number of fused-ring (bicyclic) bond motifs is 17. The lowest BCUT2D eigenvalue weighted by molar-refractivity contribution is 0.668. The molecule has 0 radical (unpaired) electrons. The standard InChI is InChI=1S/C73H46N2O2/c1-4-19-47(20-5-1)48-35-38-53(39-36-48)75(66-32-18-29-59-58-26-12-16-33-67(58)77-72(59)66)55-44-50(43-54(46-55)74(51-21-6-2-7-22-51)52-23-8-3-9-24-52)49-37-40-57-56-25-10-14-30-62(56)73(65(57)45-49)63-31-15-11-27-60(63)70-64(73)41-42-69-71(70)61-28-13-17-34-68(61)76-69/h1-46H. The summed E-state index contributed by atoms with van der Waals surface area (Å²) in [5.74, 6) is 0. The van der Waals surface area contributed by atoms with Gasteiger partial charge in [0.15, 0.2) is 5.58 Å². The molecular formula is C73H46N2O2. The van der Waals surface area contributed by atoms with Gasteiger partial charge in [-0.1, -0.05) is 194 Å². The molecule has 4 nitrogen and oxygen atoms in total. The van der Waals surface area contributed by atoms with Crippen LogP contribution in [0, 0.1) is 0 Å². The first-order chi connectivity index (χ1) is 38.2. The third-order valence-electron chi connectivity index (χ3n) is 16.2. The first kappa shape index (κ1) is 43.3. The Morgan fingerprint density at radius 1 is 0.273 bits per heavy atom. The quantitative estimate of drug-likeness (QED) is 0.152. The second kappa shape index (κ2) is 16.9. The van der Waals surface area contributed by atoms with Crippen molar-refractivity contribution in [3.8, 4) is 44.5 Å². The van der Waals surface area contributed by atoms with Crippen molar-refractivity contribution in [1.82, 2.24) is 0 Å². The maximum atomic E-state index is 6.91. The van der Waals surface area contributed by atoms with E-state index in [0.29, 0.717) is 0 Å². The number of furan rings is 2. The Labute approximate surface area is 445 Å². The number of para-hydroxylation sites is 5. The number of anilines is 6. The van der Waals surface area contributed by atoms with Crippen LogP contribution in [0.3, 0.4) is 0 Å². The van der Waals surface area contributed by atoms with Gasteiger partial charge < -0.3 is 18.6 Å². The monoisotopic (exact) mass is 982 g/mol. The average molecular weight is 983 g/mol. The van der Waals surface area contributed by atoms with E-state index in [-0.39, 0.29) is 0 Å². The van der Waals surface area contributed by atoms with Crippen molar-refractivity contribution in [3.05, 3.63) is 301 Å². The van der Waals surface area contributed by atoms with Crippen LogP contribution in [0.25, 0.3) is 88.4 Å². The van der Waals surface area contributed by atoms with Crippen LogP contribution in [0.5, 0.6) is 0 Å². The number of nitrogens with zero attached hydrogens (tertiary/aromatic N) is 2. The second-order valence-corrected chi connectivity index (χ2v) is 20.3. The van der Waals surface area contributed by atoms with Gasteiger partial charge in [0.25, 0.3) is 0 Å². The van der Waals surface area contributed by atoms with Crippen molar-refractivity contribution in [2.45, 2.75) is 5.41 Å². The van der Waals surface area contributed by atoms with Crippen molar-refractivity contribution < 1.29 is 8.83 Å². The fraction of sp³-hybridized carbons (Fsp3) is 0.0137. The minimum Gasteiger partial charge on any atom is -0.456 e. The molecule has 1 spiro atoms. The van der Waals surface area contributed by atoms with Gasteiger partial charge in [-0.3, -0.25) is 0 Å². The topological polar surface area (TPSA) is 32.8 Å². The number of rotatable bonds is 8. The Hall–Kier alpha value is -10.2. The zero-order valence-corrected chi connectivity index (χ0v) is 41.8. The predicted molar refractivity (Wildman–Crippen MR) is 318 cm³/mol. The Kier molecular flexibility index (Phi) is 9.52. The maximum Gasteiger partial charge on any atom is 0.159 e. The Bertz CT molecular complexity index is 4590. The van der Waals surface area contributed by atoms with Crippen LogP contribution in [-0.4, -0.2) is 0 Å². The van der Waals surface area contributed by atoms with E-state index in [2.05, 4.69) is 283 Å². The third kappa shape index (κ3) is 6.46. The van der Waals surface area contributed by atoms with Crippen LogP contribution in [0.15, 0.2) is 288 Å². The highest BCUT2D eigenvalue weighted by atomic mass is 16.3. The third-order valence-corrected chi connectivity index (χ3v) is 16.2. The smallest absolute Gasteiger partial charge is 0.159 e. The van der Waals surface area contributed by atoms with Gasteiger partial charge in [0.2, 0.25) is 0 Å². The lowest BCUT2D eigenvalue weighted by atomic mass is 9.70. The first-order valence-electron chi connectivity index (χ1n) is 26.4. The summed E-state index contributed by atoms with van der Waals surface area (Å²) in [5.41, 5.74) is 23.6. The molecule has 360 valence electrons. The molecule has 0 saturated heterocycles. The van der Waals surface area contributed by atoms with E-state index in [4.69, 9.17) is 8.83 Å². The molecule has 0 N–H and O–H groups in total. The van der Waals surface area contributed by atoms with Gasteiger partial charge in [0.1, 0.15) is 16.7 Å². The largest absolute Gasteiger partial charge is 0.456 e. The van der Waals surface area contributed by atoms with Gasteiger partial charge in [-0.25, -0.2) is 0 Å². The summed E-state index contributed by atoms with van der Waals surface area (Å²) in [6, 6.07) is 101. The summed E-state index contributed by atoms with van der Waals surface area (Å²) in [4.78, 5) is 4.76. The van der Waals surface area contributed by atoms with Gasteiger partial charge in [0, 0.05) is 50.0 Å². The minimum absolute atomic E-state index is 0.593. The van der Waals surface area contributed by atoms with E-state index in [9.17, 15) is 0 Å². The molecule has 0 saturated carbocycles. The highest BCUT2D eigenvalue weighted by Gasteiger charge is 2.52. The molecule has 0 aliphatic heterocycles. The van der Waals surface area contributed by atoms with E-state index < -0.39 is 5.41 Å². The molecule has 1 atom stereocenters. The zero-order chi connectivity index (χ0) is 50.6. The van der Waals surface area contributed by atoms with Gasteiger partial charge in [-0.15, -0.1) is 0 Å². The molecule has 0 amide bonds. The van der Waals surface area contributed by atoms with Crippen molar-refractivity contribution >= 4 is 78.0 Å². The maximum absolute atomic E-state index is 6.91. The van der Waals surface area contributed by atoms with Crippen molar-refractivity contribution in [1.29, 1.82) is 0 Å². The summed E-state index contributed by atoms with van der Waals surface area (Å²) in [6.07, 6.45) is 0. The average Bonchev–Trinajstić information content (AvgIpc) is 4.41. The molecule has 16 rings (SSSR count). The SMILES string of the molecule is c1ccc(-c2ccc(N(c3cc(-c4ccc5c(c4)C4(c6ccccc6-5)c5ccccc5-c5c4ccc4oc6ccccc6c54)cc(N(c4ccccc4)c4ccccc4)c3)c3cccc4c3oc3ccccc34)cc2)cc1. The van der Waals surface area contributed by atoms with E-state index >= 15 is 0 Å². The van der Waals surface area contributed by atoms with Crippen LogP contribution in [0.2, 0.25) is 0 Å². The van der Waals surface area contributed by atoms with Crippen LogP contribution in [0.4, 0.5) is 34.1 Å². The molecule has 2 heterocycles. The lowest BCUT2D eigenvalue weighted by Gasteiger charge is -2.31. The van der Waals surface area contributed by atoms with Gasteiger partial charge in [-0.2, -0.15) is 0 Å². The molecular weight excluding hydrogens is 937 g/mol. The Morgan fingerprint density at radius 3 is 1.56 bits per heavy atom. The first-order valence-corrected chi connectivity index (χ1v) is 26.4. The highest BCUT2D eigenvalue weighted by molar-refractivity contribution is 6.16. The summed E-state index contributed by atoms with van der Waals surface area (Å²) >= 11 is 0. The number of hydrogen-bond acceptors (Lipinski definition) is 4. The Balaban J connectivity index is 0.973. The molecule has 1 unspecified atom stereocenters. The van der Waals surface area contributed by atoms with Crippen LogP contribution in [-0.2, 0) is 5.41 Å². The van der Waals surface area contributed by atoms with E-state index in [1.807, 2.05) is 6.07 Å². The van der Waals surface area contributed by atoms with Crippen LogP contribution in [0.1, 0.15) is 22.3 Å². The summed E-state index contributed by atoms with van der Waals surface area (Å²) in [7, 11) is 0.